The zero-order valence-electron chi connectivity index (χ0n) is 10.1. The van der Waals surface area contributed by atoms with Crippen molar-refractivity contribution in [2.45, 2.75) is 26.7 Å². The van der Waals surface area contributed by atoms with Crippen LogP contribution in [0.1, 0.15) is 30.8 Å². The van der Waals surface area contributed by atoms with Crippen molar-refractivity contribution in [3.63, 3.8) is 0 Å². The van der Waals surface area contributed by atoms with Crippen LogP contribution in [-0.4, -0.2) is 9.78 Å². The van der Waals surface area contributed by atoms with Crippen LogP contribution < -0.4 is 0 Å². The second-order valence-electron chi connectivity index (χ2n) is 3.83. The van der Waals surface area contributed by atoms with E-state index in [1.165, 1.54) is 0 Å². The summed E-state index contributed by atoms with van der Waals surface area (Å²) >= 11 is 0. The Morgan fingerprint density at radius 2 is 1.88 bits per heavy atom. The minimum absolute atomic E-state index is 0.735. The monoisotopic (exact) mass is 225 g/mol. The average molecular weight is 225 g/mol. The van der Waals surface area contributed by atoms with Gasteiger partial charge in [-0.15, -0.1) is 0 Å². The number of para-hydroxylation sites is 1. The number of benzene rings is 1. The van der Waals surface area contributed by atoms with Crippen LogP contribution in [0.3, 0.4) is 0 Å². The molecule has 0 N–H and O–H groups in total. The third-order valence-electron chi connectivity index (χ3n) is 2.84. The summed E-state index contributed by atoms with van der Waals surface area (Å²) in [5.41, 5.74) is 3.63. The molecule has 2 rings (SSSR count). The molecule has 3 heteroatoms. The van der Waals surface area contributed by atoms with Gasteiger partial charge in [0.05, 0.1) is 22.6 Å². The van der Waals surface area contributed by atoms with Crippen LogP contribution in [0.2, 0.25) is 0 Å². The Morgan fingerprint density at radius 3 is 2.41 bits per heavy atom. The van der Waals surface area contributed by atoms with E-state index >= 15 is 0 Å². The van der Waals surface area contributed by atoms with E-state index in [-0.39, 0.29) is 0 Å². The highest BCUT2D eigenvalue weighted by Crippen LogP contribution is 2.19. The first kappa shape index (κ1) is 11.4. The molecule has 1 aromatic carbocycles. The van der Waals surface area contributed by atoms with Gasteiger partial charge in [0.1, 0.15) is 6.07 Å². The first-order chi connectivity index (χ1) is 8.31. The summed E-state index contributed by atoms with van der Waals surface area (Å²) in [6.45, 7) is 4.08. The molecule has 0 atom stereocenters. The highest BCUT2D eigenvalue weighted by molar-refractivity contribution is 5.43. The molecular formula is C14H15N3. The molecule has 2 aromatic rings. The SMILES string of the molecule is CCc1nn(-c2ccccc2)c(CC)c1C#N. The summed E-state index contributed by atoms with van der Waals surface area (Å²) in [4.78, 5) is 0. The summed E-state index contributed by atoms with van der Waals surface area (Å²) in [6, 6.07) is 12.2. The van der Waals surface area contributed by atoms with Crippen molar-refractivity contribution >= 4 is 0 Å². The van der Waals surface area contributed by atoms with E-state index < -0.39 is 0 Å². The lowest BCUT2D eigenvalue weighted by molar-refractivity contribution is 0.794. The van der Waals surface area contributed by atoms with Crippen LogP contribution in [0.5, 0.6) is 0 Å². The molecule has 0 fully saturated rings. The predicted molar refractivity (Wildman–Crippen MR) is 67.0 cm³/mol. The summed E-state index contributed by atoms with van der Waals surface area (Å²) in [6.07, 6.45) is 1.60. The van der Waals surface area contributed by atoms with Crippen LogP contribution in [0.15, 0.2) is 30.3 Å². The maximum atomic E-state index is 9.22. The van der Waals surface area contributed by atoms with Gasteiger partial charge in [-0.05, 0) is 25.0 Å². The average Bonchev–Trinajstić information content (AvgIpc) is 2.77. The Labute approximate surface area is 101 Å². The molecule has 0 aliphatic rings. The van der Waals surface area contributed by atoms with E-state index in [9.17, 15) is 5.26 Å². The number of hydrogen-bond donors (Lipinski definition) is 0. The molecule has 17 heavy (non-hydrogen) atoms. The molecule has 0 amide bonds. The van der Waals surface area contributed by atoms with E-state index in [2.05, 4.69) is 18.1 Å². The van der Waals surface area contributed by atoms with Gasteiger partial charge in [-0.25, -0.2) is 4.68 Å². The maximum absolute atomic E-state index is 9.22. The quantitative estimate of drug-likeness (QED) is 0.806. The molecule has 0 saturated carbocycles. The van der Waals surface area contributed by atoms with Gasteiger partial charge in [-0.3, -0.25) is 0 Å². The molecule has 0 radical (unpaired) electrons. The Hall–Kier alpha value is -2.08. The number of hydrogen-bond acceptors (Lipinski definition) is 2. The van der Waals surface area contributed by atoms with Crippen molar-refractivity contribution in [2.75, 3.05) is 0 Å². The van der Waals surface area contributed by atoms with E-state index in [0.29, 0.717) is 0 Å². The second-order valence-corrected chi connectivity index (χ2v) is 3.83. The van der Waals surface area contributed by atoms with E-state index in [1.807, 2.05) is 41.9 Å². The topological polar surface area (TPSA) is 41.6 Å². The molecular weight excluding hydrogens is 210 g/mol. The highest BCUT2D eigenvalue weighted by Gasteiger charge is 2.15. The van der Waals surface area contributed by atoms with Crippen LogP contribution in [0.25, 0.3) is 5.69 Å². The number of nitriles is 1. The lowest BCUT2D eigenvalue weighted by Crippen LogP contribution is -2.01. The number of aromatic nitrogens is 2. The molecule has 3 nitrogen and oxygen atoms in total. The van der Waals surface area contributed by atoms with Gasteiger partial charge in [0.2, 0.25) is 0 Å². The largest absolute Gasteiger partial charge is 0.236 e. The Morgan fingerprint density at radius 1 is 1.18 bits per heavy atom. The molecule has 0 unspecified atom stereocenters. The summed E-state index contributed by atoms with van der Waals surface area (Å²) in [7, 11) is 0. The molecule has 0 aliphatic carbocycles. The van der Waals surface area contributed by atoms with Crippen LogP contribution in [-0.2, 0) is 12.8 Å². The van der Waals surface area contributed by atoms with Crippen molar-refractivity contribution in [1.29, 1.82) is 5.26 Å². The van der Waals surface area contributed by atoms with Gasteiger partial charge in [-0.1, -0.05) is 32.0 Å². The number of nitrogens with zero attached hydrogens (tertiary/aromatic N) is 3. The molecule has 1 aromatic heterocycles. The Bertz CT molecular complexity index is 547. The second kappa shape index (κ2) is 4.84. The minimum atomic E-state index is 0.735. The minimum Gasteiger partial charge on any atom is -0.236 e. The van der Waals surface area contributed by atoms with Crippen LogP contribution >= 0.6 is 0 Å². The Balaban J connectivity index is 2.63. The fourth-order valence-corrected chi connectivity index (χ4v) is 1.99. The third kappa shape index (κ3) is 1.94. The summed E-state index contributed by atoms with van der Waals surface area (Å²) in [5, 5.41) is 13.8. The maximum Gasteiger partial charge on any atom is 0.103 e. The predicted octanol–water partition coefficient (Wildman–Crippen LogP) is 2.87. The normalized spacial score (nSPS) is 10.2. The number of aryl methyl sites for hydroxylation is 1. The summed E-state index contributed by atoms with van der Waals surface area (Å²) in [5.74, 6) is 0. The molecule has 1 heterocycles. The first-order valence-corrected chi connectivity index (χ1v) is 5.88. The smallest absolute Gasteiger partial charge is 0.103 e. The van der Waals surface area contributed by atoms with Gasteiger partial charge in [0.25, 0.3) is 0 Å². The molecule has 0 saturated heterocycles. The molecule has 0 spiro atoms. The van der Waals surface area contributed by atoms with Gasteiger partial charge in [-0.2, -0.15) is 10.4 Å². The summed E-state index contributed by atoms with van der Waals surface area (Å²) < 4.78 is 1.89. The third-order valence-corrected chi connectivity index (χ3v) is 2.84. The van der Waals surface area contributed by atoms with Crippen molar-refractivity contribution in [3.05, 3.63) is 47.3 Å². The van der Waals surface area contributed by atoms with Crippen LogP contribution in [0, 0.1) is 11.3 Å². The van der Waals surface area contributed by atoms with E-state index in [1.54, 1.807) is 0 Å². The van der Waals surface area contributed by atoms with Crippen molar-refractivity contribution in [2.24, 2.45) is 0 Å². The lowest BCUT2D eigenvalue weighted by atomic mass is 10.1. The lowest BCUT2D eigenvalue weighted by Gasteiger charge is -2.05. The molecule has 86 valence electrons. The Kier molecular flexibility index (Phi) is 3.24. The fourth-order valence-electron chi connectivity index (χ4n) is 1.99. The van der Waals surface area contributed by atoms with Gasteiger partial charge in [0.15, 0.2) is 0 Å². The van der Waals surface area contributed by atoms with Gasteiger partial charge < -0.3 is 0 Å². The first-order valence-electron chi connectivity index (χ1n) is 5.88. The highest BCUT2D eigenvalue weighted by atomic mass is 15.3. The van der Waals surface area contributed by atoms with Crippen molar-refractivity contribution < 1.29 is 0 Å². The fraction of sp³-hybridized carbons (Fsp3) is 0.286. The van der Waals surface area contributed by atoms with E-state index in [4.69, 9.17) is 0 Å². The standard InChI is InChI=1S/C14H15N3/c1-3-13-12(10-15)14(4-2)17(16-13)11-8-6-5-7-9-11/h5-9H,3-4H2,1-2H3. The number of rotatable bonds is 3. The molecule has 0 bridgehead atoms. The zero-order chi connectivity index (χ0) is 12.3. The van der Waals surface area contributed by atoms with Gasteiger partial charge in [0, 0.05) is 0 Å². The molecule has 0 aliphatic heterocycles. The van der Waals surface area contributed by atoms with Crippen LogP contribution in [0.4, 0.5) is 0 Å². The van der Waals surface area contributed by atoms with E-state index in [0.717, 1.165) is 35.5 Å². The zero-order valence-corrected chi connectivity index (χ0v) is 10.1. The van der Waals surface area contributed by atoms with Crippen molar-refractivity contribution in [3.8, 4) is 11.8 Å². The van der Waals surface area contributed by atoms with Crippen molar-refractivity contribution in [1.82, 2.24) is 9.78 Å². The van der Waals surface area contributed by atoms with Gasteiger partial charge >= 0.3 is 0 Å².